The second-order valence-corrected chi connectivity index (χ2v) is 5.65. The zero-order chi connectivity index (χ0) is 11.2. The van der Waals surface area contributed by atoms with E-state index in [0.29, 0.717) is 11.8 Å². The van der Waals surface area contributed by atoms with Crippen LogP contribution in [0.2, 0.25) is 0 Å². The molecule has 3 rings (SSSR count). The molecule has 2 atom stereocenters. The molecule has 0 amide bonds. The number of hydrogen-bond acceptors (Lipinski definition) is 1. The smallest absolute Gasteiger partial charge is 0.0751 e. The number of rotatable bonds is 2. The van der Waals surface area contributed by atoms with E-state index in [2.05, 4.69) is 31.2 Å². The maximum atomic E-state index is 10.6. The van der Waals surface area contributed by atoms with E-state index in [1.54, 1.807) is 0 Å². The zero-order valence-electron chi connectivity index (χ0n) is 9.95. The van der Waals surface area contributed by atoms with Crippen LogP contribution in [-0.2, 0) is 6.42 Å². The molecule has 0 spiro atoms. The highest BCUT2D eigenvalue weighted by Crippen LogP contribution is 2.59. The largest absolute Gasteiger partial charge is 0.389 e. The first-order valence-electron chi connectivity index (χ1n) is 6.48. The van der Waals surface area contributed by atoms with E-state index < -0.39 is 0 Å². The molecular formula is C15H20O. The van der Waals surface area contributed by atoms with E-state index in [0.717, 1.165) is 6.42 Å². The van der Waals surface area contributed by atoms with Gasteiger partial charge in [-0.25, -0.2) is 0 Å². The quantitative estimate of drug-likeness (QED) is 0.805. The fourth-order valence-corrected chi connectivity index (χ4v) is 3.51. The lowest BCUT2D eigenvalue weighted by molar-refractivity contribution is 0.119. The van der Waals surface area contributed by atoms with Crippen molar-refractivity contribution in [1.29, 1.82) is 0 Å². The fourth-order valence-electron chi connectivity index (χ4n) is 3.51. The number of benzene rings is 1. The minimum atomic E-state index is -0.355. The number of aliphatic hydroxyl groups is 1. The lowest BCUT2D eigenvalue weighted by atomic mass is 10.0. The van der Waals surface area contributed by atoms with Gasteiger partial charge in [-0.1, -0.05) is 42.7 Å². The van der Waals surface area contributed by atoms with Crippen molar-refractivity contribution in [1.82, 2.24) is 0 Å². The first-order valence-corrected chi connectivity index (χ1v) is 6.48. The third kappa shape index (κ3) is 1.58. The van der Waals surface area contributed by atoms with Crippen LogP contribution in [-0.4, -0.2) is 10.7 Å². The van der Waals surface area contributed by atoms with Crippen molar-refractivity contribution in [2.24, 2.45) is 11.8 Å². The van der Waals surface area contributed by atoms with Crippen molar-refractivity contribution in [3.05, 3.63) is 35.4 Å². The van der Waals surface area contributed by atoms with Crippen LogP contribution in [0, 0.1) is 18.8 Å². The highest BCUT2D eigenvalue weighted by molar-refractivity contribution is 5.27. The molecule has 0 saturated heterocycles. The standard InChI is InChI=1S/C15H20O/c1-11-6-8-12(9-7-11)10-15(16)13-4-2-3-5-14(13)15/h6-9,13-14,16H,2-5,10H2,1H3. The van der Waals surface area contributed by atoms with Crippen LogP contribution in [0.1, 0.15) is 36.8 Å². The number of hydrogen-bond donors (Lipinski definition) is 1. The van der Waals surface area contributed by atoms with Crippen molar-refractivity contribution in [2.45, 2.75) is 44.6 Å². The molecule has 1 aromatic carbocycles. The van der Waals surface area contributed by atoms with Gasteiger partial charge in [-0.15, -0.1) is 0 Å². The average molecular weight is 216 g/mol. The molecule has 0 aliphatic heterocycles. The molecule has 1 aromatic rings. The van der Waals surface area contributed by atoms with Crippen molar-refractivity contribution in [3.8, 4) is 0 Å². The molecule has 2 unspecified atom stereocenters. The first kappa shape index (κ1) is 10.3. The van der Waals surface area contributed by atoms with Gasteiger partial charge in [0.2, 0.25) is 0 Å². The molecule has 0 heterocycles. The Balaban J connectivity index is 1.73. The second kappa shape index (κ2) is 3.59. The SMILES string of the molecule is Cc1ccc(CC2(O)C3CCCCC32)cc1. The van der Waals surface area contributed by atoms with E-state index in [1.807, 2.05) is 0 Å². The molecule has 1 N–H and O–H groups in total. The van der Waals surface area contributed by atoms with Gasteiger partial charge in [0.05, 0.1) is 5.60 Å². The predicted octanol–water partition coefficient (Wildman–Crippen LogP) is 3.09. The Hall–Kier alpha value is -0.820. The molecule has 0 bridgehead atoms. The fraction of sp³-hybridized carbons (Fsp3) is 0.600. The van der Waals surface area contributed by atoms with Crippen LogP contribution in [0.25, 0.3) is 0 Å². The van der Waals surface area contributed by atoms with Gasteiger partial charge in [0, 0.05) is 6.42 Å². The average Bonchev–Trinajstić information content (AvgIpc) is 2.89. The molecule has 2 aliphatic rings. The van der Waals surface area contributed by atoms with E-state index in [1.165, 1.54) is 36.8 Å². The Morgan fingerprint density at radius 1 is 1.12 bits per heavy atom. The van der Waals surface area contributed by atoms with Gasteiger partial charge in [-0.2, -0.15) is 0 Å². The van der Waals surface area contributed by atoms with Gasteiger partial charge >= 0.3 is 0 Å². The van der Waals surface area contributed by atoms with Gasteiger partial charge in [0.1, 0.15) is 0 Å². The van der Waals surface area contributed by atoms with Crippen LogP contribution in [0.5, 0.6) is 0 Å². The molecule has 0 radical (unpaired) electrons. The molecule has 2 fully saturated rings. The maximum Gasteiger partial charge on any atom is 0.0751 e. The van der Waals surface area contributed by atoms with Crippen LogP contribution in [0.3, 0.4) is 0 Å². The summed E-state index contributed by atoms with van der Waals surface area (Å²) in [7, 11) is 0. The predicted molar refractivity (Wildman–Crippen MR) is 65.3 cm³/mol. The summed E-state index contributed by atoms with van der Waals surface area (Å²) in [5, 5.41) is 10.6. The van der Waals surface area contributed by atoms with Gasteiger partial charge in [0.15, 0.2) is 0 Å². The minimum Gasteiger partial charge on any atom is -0.389 e. The lowest BCUT2D eigenvalue weighted by Gasteiger charge is -2.10. The van der Waals surface area contributed by atoms with Gasteiger partial charge in [-0.05, 0) is 37.2 Å². The molecule has 16 heavy (non-hydrogen) atoms. The zero-order valence-corrected chi connectivity index (χ0v) is 9.95. The van der Waals surface area contributed by atoms with Crippen LogP contribution in [0.4, 0.5) is 0 Å². The van der Waals surface area contributed by atoms with Crippen molar-refractivity contribution < 1.29 is 5.11 Å². The molecule has 2 saturated carbocycles. The van der Waals surface area contributed by atoms with Gasteiger partial charge < -0.3 is 5.11 Å². The summed E-state index contributed by atoms with van der Waals surface area (Å²) in [4.78, 5) is 0. The van der Waals surface area contributed by atoms with Crippen molar-refractivity contribution in [3.63, 3.8) is 0 Å². The summed E-state index contributed by atoms with van der Waals surface area (Å²) < 4.78 is 0. The van der Waals surface area contributed by atoms with E-state index in [9.17, 15) is 5.11 Å². The Kier molecular flexibility index (Phi) is 2.32. The molecule has 1 heteroatoms. The summed E-state index contributed by atoms with van der Waals surface area (Å²) in [6, 6.07) is 8.62. The third-order valence-corrected chi connectivity index (χ3v) is 4.55. The topological polar surface area (TPSA) is 20.2 Å². The van der Waals surface area contributed by atoms with Gasteiger partial charge in [-0.3, -0.25) is 0 Å². The molecule has 1 nitrogen and oxygen atoms in total. The normalized spacial score (nSPS) is 36.9. The van der Waals surface area contributed by atoms with Crippen molar-refractivity contribution in [2.75, 3.05) is 0 Å². The first-order chi connectivity index (χ1) is 7.70. The summed E-state index contributed by atoms with van der Waals surface area (Å²) >= 11 is 0. The van der Waals surface area contributed by atoms with E-state index in [-0.39, 0.29) is 5.60 Å². The molecule has 2 aliphatic carbocycles. The molecule has 86 valence electrons. The minimum absolute atomic E-state index is 0.355. The Morgan fingerprint density at radius 2 is 1.69 bits per heavy atom. The van der Waals surface area contributed by atoms with E-state index >= 15 is 0 Å². The second-order valence-electron chi connectivity index (χ2n) is 5.65. The third-order valence-electron chi connectivity index (χ3n) is 4.55. The monoisotopic (exact) mass is 216 g/mol. The summed E-state index contributed by atoms with van der Waals surface area (Å²) in [6.07, 6.45) is 5.98. The van der Waals surface area contributed by atoms with Crippen LogP contribution in [0.15, 0.2) is 24.3 Å². The lowest BCUT2D eigenvalue weighted by Crippen LogP contribution is -2.16. The highest BCUT2D eigenvalue weighted by Gasteiger charge is 2.63. The summed E-state index contributed by atoms with van der Waals surface area (Å²) in [6.45, 7) is 2.11. The number of fused-ring (bicyclic) bond motifs is 1. The Labute approximate surface area is 97.5 Å². The Morgan fingerprint density at radius 3 is 2.25 bits per heavy atom. The molecular weight excluding hydrogens is 196 g/mol. The summed E-state index contributed by atoms with van der Waals surface area (Å²) in [5.41, 5.74) is 2.23. The van der Waals surface area contributed by atoms with Gasteiger partial charge in [0.25, 0.3) is 0 Å². The Bertz CT molecular complexity index is 367. The maximum absolute atomic E-state index is 10.6. The highest BCUT2D eigenvalue weighted by atomic mass is 16.3. The summed E-state index contributed by atoms with van der Waals surface area (Å²) in [5.74, 6) is 1.20. The van der Waals surface area contributed by atoms with Crippen LogP contribution < -0.4 is 0 Å². The van der Waals surface area contributed by atoms with Crippen LogP contribution >= 0.6 is 0 Å². The molecule has 0 aromatic heterocycles. The number of aryl methyl sites for hydroxylation is 1. The van der Waals surface area contributed by atoms with E-state index in [4.69, 9.17) is 0 Å². The van der Waals surface area contributed by atoms with Crippen molar-refractivity contribution >= 4 is 0 Å².